The van der Waals surface area contributed by atoms with Crippen LogP contribution in [0.4, 0.5) is 0 Å². The van der Waals surface area contributed by atoms with Crippen LogP contribution in [-0.4, -0.2) is 36.6 Å². The monoisotopic (exact) mass is 252 g/mol. The maximum atomic E-state index is 3.69. The molecule has 0 radical (unpaired) electrons. The zero-order valence-electron chi connectivity index (χ0n) is 12.7. The normalized spacial score (nSPS) is 28.2. The lowest BCUT2D eigenvalue weighted by atomic mass is 9.77. The fraction of sp³-hybridized carbons (Fsp3) is 1.00. The average Bonchev–Trinajstić information content (AvgIpc) is 2.91. The zero-order chi connectivity index (χ0) is 13.0. The molecule has 1 aliphatic heterocycles. The van der Waals surface area contributed by atoms with Gasteiger partial charge in [-0.05, 0) is 51.7 Å². The zero-order valence-corrected chi connectivity index (χ0v) is 12.7. The Kier molecular flexibility index (Phi) is 5.08. The topological polar surface area (TPSA) is 15.3 Å². The van der Waals surface area contributed by atoms with Gasteiger partial charge in [-0.2, -0.15) is 0 Å². The van der Waals surface area contributed by atoms with E-state index in [1.807, 2.05) is 0 Å². The highest BCUT2D eigenvalue weighted by Crippen LogP contribution is 2.42. The maximum Gasteiger partial charge on any atom is 0.0365 e. The van der Waals surface area contributed by atoms with Crippen LogP contribution in [0.5, 0.6) is 0 Å². The second-order valence-corrected chi connectivity index (χ2v) is 6.51. The lowest BCUT2D eigenvalue weighted by Gasteiger charge is -2.50. The van der Waals surface area contributed by atoms with Crippen molar-refractivity contribution in [3.8, 4) is 0 Å². The molecule has 2 atom stereocenters. The third-order valence-corrected chi connectivity index (χ3v) is 5.56. The first kappa shape index (κ1) is 14.3. The summed E-state index contributed by atoms with van der Waals surface area (Å²) < 4.78 is 0. The van der Waals surface area contributed by atoms with Gasteiger partial charge in [0, 0.05) is 11.6 Å². The highest BCUT2D eigenvalue weighted by Gasteiger charge is 2.46. The van der Waals surface area contributed by atoms with E-state index in [0.29, 0.717) is 11.6 Å². The molecular formula is C16H32N2. The number of nitrogens with one attached hydrogen (secondary N) is 1. The Balaban J connectivity index is 2.18. The van der Waals surface area contributed by atoms with Crippen molar-refractivity contribution in [2.45, 2.75) is 76.8 Å². The summed E-state index contributed by atoms with van der Waals surface area (Å²) in [7, 11) is 2.18. The number of rotatable bonds is 5. The van der Waals surface area contributed by atoms with Crippen LogP contribution in [0.15, 0.2) is 0 Å². The molecule has 0 amide bonds. The van der Waals surface area contributed by atoms with Gasteiger partial charge >= 0.3 is 0 Å². The Morgan fingerprint density at radius 2 is 1.67 bits per heavy atom. The number of hydrogen-bond acceptors (Lipinski definition) is 2. The summed E-state index contributed by atoms with van der Waals surface area (Å²) >= 11 is 0. The van der Waals surface area contributed by atoms with E-state index in [9.17, 15) is 0 Å². The van der Waals surface area contributed by atoms with Gasteiger partial charge < -0.3 is 5.32 Å². The molecule has 2 aliphatic rings. The van der Waals surface area contributed by atoms with Crippen molar-refractivity contribution in [3.05, 3.63) is 0 Å². The van der Waals surface area contributed by atoms with Gasteiger partial charge in [0.15, 0.2) is 0 Å². The van der Waals surface area contributed by atoms with Crippen molar-refractivity contribution in [3.63, 3.8) is 0 Å². The van der Waals surface area contributed by atoms with Crippen LogP contribution in [0.1, 0.15) is 65.2 Å². The average molecular weight is 252 g/mol. The summed E-state index contributed by atoms with van der Waals surface area (Å²) in [5, 5.41) is 3.69. The Morgan fingerprint density at radius 1 is 1.06 bits per heavy atom. The van der Waals surface area contributed by atoms with Crippen molar-refractivity contribution in [1.29, 1.82) is 0 Å². The summed E-state index contributed by atoms with van der Waals surface area (Å²) in [4.78, 5) is 2.86. The standard InChI is InChI=1S/C16H32N2/c1-4-14(2)15(17-3)16(10-6-7-11-16)18-12-8-5-9-13-18/h14-15,17H,4-13H2,1-3H3. The molecule has 0 aromatic carbocycles. The third kappa shape index (κ3) is 2.60. The summed E-state index contributed by atoms with van der Waals surface area (Å²) in [6.07, 6.45) is 11.3. The molecular weight excluding hydrogens is 220 g/mol. The number of likely N-dealkylation sites (N-methyl/N-ethyl adjacent to an activating group) is 1. The Bertz CT molecular complexity index is 239. The molecule has 0 aromatic rings. The van der Waals surface area contributed by atoms with Gasteiger partial charge in [0.05, 0.1) is 0 Å². The molecule has 1 aliphatic carbocycles. The maximum absolute atomic E-state index is 3.69. The molecule has 1 N–H and O–H groups in total. The number of nitrogens with zero attached hydrogens (tertiary/aromatic N) is 1. The Morgan fingerprint density at radius 3 is 2.17 bits per heavy atom. The van der Waals surface area contributed by atoms with Gasteiger partial charge in [0.25, 0.3) is 0 Å². The van der Waals surface area contributed by atoms with E-state index in [4.69, 9.17) is 0 Å². The lowest BCUT2D eigenvalue weighted by Crippen LogP contribution is -2.62. The molecule has 18 heavy (non-hydrogen) atoms. The first-order valence-electron chi connectivity index (χ1n) is 8.17. The second-order valence-electron chi connectivity index (χ2n) is 6.51. The minimum atomic E-state index is 0.477. The SMILES string of the molecule is CCC(C)C(NC)C1(N2CCCCC2)CCCC1. The quantitative estimate of drug-likeness (QED) is 0.806. The molecule has 2 heteroatoms. The fourth-order valence-electron chi connectivity index (χ4n) is 4.47. The van der Waals surface area contributed by atoms with E-state index < -0.39 is 0 Å². The van der Waals surface area contributed by atoms with Crippen molar-refractivity contribution in [2.75, 3.05) is 20.1 Å². The van der Waals surface area contributed by atoms with Crippen molar-refractivity contribution in [1.82, 2.24) is 10.2 Å². The highest BCUT2D eigenvalue weighted by atomic mass is 15.2. The van der Waals surface area contributed by atoms with Crippen LogP contribution < -0.4 is 5.32 Å². The van der Waals surface area contributed by atoms with E-state index in [1.165, 1.54) is 64.5 Å². The largest absolute Gasteiger partial charge is 0.315 e. The predicted molar refractivity (Wildman–Crippen MR) is 78.9 cm³/mol. The van der Waals surface area contributed by atoms with Crippen LogP contribution in [0, 0.1) is 5.92 Å². The van der Waals surface area contributed by atoms with E-state index in [2.05, 4.69) is 31.1 Å². The van der Waals surface area contributed by atoms with Crippen molar-refractivity contribution in [2.24, 2.45) is 5.92 Å². The minimum Gasteiger partial charge on any atom is -0.315 e. The Hall–Kier alpha value is -0.0800. The molecule has 1 saturated carbocycles. The predicted octanol–water partition coefficient (Wildman–Crippen LogP) is 3.42. The molecule has 1 saturated heterocycles. The number of likely N-dealkylation sites (tertiary alicyclic amines) is 1. The lowest BCUT2D eigenvalue weighted by molar-refractivity contribution is 0.0214. The Labute approximate surface area is 114 Å². The molecule has 2 fully saturated rings. The molecule has 0 aromatic heterocycles. The molecule has 0 spiro atoms. The molecule has 0 bridgehead atoms. The van der Waals surface area contributed by atoms with E-state index in [-0.39, 0.29) is 0 Å². The summed E-state index contributed by atoms with van der Waals surface area (Å²) in [5.74, 6) is 0.787. The van der Waals surface area contributed by atoms with Gasteiger partial charge in [-0.15, -0.1) is 0 Å². The van der Waals surface area contributed by atoms with Crippen molar-refractivity contribution >= 4 is 0 Å². The van der Waals surface area contributed by atoms with Crippen LogP contribution in [0.25, 0.3) is 0 Å². The van der Waals surface area contributed by atoms with Gasteiger partial charge in [0.2, 0.25) is 0 Å². The number of hydrogen-bond donors (Lipinski definition) is 1. The molecule has 2 rings (SSSR count). The molecule has 2 unspecified atom stereocenters. The third-order valence-electron chi connectivity index (χ3n) is 5.56. The molecule has 1 heterocycles. The summed E-state index contributed by atoms with van der Waals surface area (Å²) in [6, 6.07) is 0.683. The summed E-state index contributed by atoms with van der Waals surface area (Å²) in [5.41, 5.74) is 0.477. The molecule has 2 nitrogen and oxygen atoms in total. The van der Waals surface area contributed by atoms with Crippen LogP contribution in [0.2, 0.25) is 0 Å². The molecule has 106 valence electrons. The first-order chi connectivity index (χ1) is 8.74. The van der Waals surface area contributed by atoms with Crippen LogP contribution in [0.3, 0.4) is 0 Å². The second kappa shape index (κ2) is 6.38. The van der Waals surface area contributed by atoms with Crippen LogP contribution >= 0.6 is 0 Å². The van der Waals surface area contributed by atoms with Gasteiger partial charge in [-0.3, -0.25) is 4.90 Å². The van der Waals surface area contributed by atoms with Gasteiger partial charge in [-0.25, -0.2) is 0 Å². The van der Waals surface area contributed by atoms with E-state index in [0.717, 1.165) is 5.92 Å². The van der Waals surface area contributed by atoms with E-state index in [1.54, 1.807) is 0 Å². The summed E-state index contributed by atoms with van der Waals surface area (Å²) in [6.45, 7) is 7.46. The van der Waals surface area contributed by atoms with Crippen LogP contribution in [-0.2, 0) is 0 Å². The highest BCUT2D eigenvalue weighted by molar-refractivity contribution is 5.05. The fourth-order valence-corrected chi connectivity index (χ4v) is 4.47. The van der Waals surface area contributed by atoms with Gasteiger partial charge in [0.1, 0.15) is 0 Å². The van der Waals surface area contributed by atoms with Crippen molar-refractivity contribution < 1.29 is 0 Å². The van der Waals surface area contributed by atoms with Gasteiger partial charge in [-0.1, -0.05) is 39.5 Å². The number of piperidine rings is 1. The minimum absolute atomic E-state index is 0.477. The first-order valence-corrected chi connectivity index (χ1v) is 8.17. The van der Waals surface area contributed by atoms with E-state index >= 15 is 0 Å². The smallest absolute Gasteiger partial charge is 0.0365 e.